The number of fused-ring (bicyclic) bond motifs is 8. The molecule has 0 aliphatic heterocycles. The first kappa shape index (κ1) is 27.9. The van der Waals surface area contributed by atoms with E-state index in [1.165, 1.54) is 34.0 Å². The van der Waals surface area contributed by atoms with Crippen LogP contribution in [0, 0.1) is 13.8 Å². The number of amides is 2. The fourth-order valence-electron chi connectivity index (χ4n) is 5.25. The first-order valence-electron chi connectivity index (χ1n) is 14.0. The van der Waals surface area contributed by atoms with Crippen molar-refractivity contribution in [3.8, 4) is 0 Å². The Morgan fingerprint density at radius 2 is 1.33 bits per heavy atom. The van der Waals surface area contributed by atoms with E-state index in [0.717, 1.165) is 64.0 Å². The predicted molar refractivity (Wildman–Crippen MR) is 173 cm³/mol. The van der Waals surface area contributed by atoms with Gasteiger partial charge in [-0.25, -0.2) is 8.80 Å². The van der Waals surface area contributed by atoms with Gasteiger partial charge < -0.3 is 10.6 Å². The fraction of sp³-hybridized carbons (Fsp3) is 0.267. The molecule has 4 aromatic heterocycles. The normalized spacial score (nSPS) is 13.1. The summed E-state index contributed by atoms with van der Waals surface area (Å²) in [7, 11) is 0. The lowest BCUT2D eigenvalue weighted by Gasteiger charge is -2.10. The molecular formula is C30H28N8O2S3. The molecule has 1 aliphatic rings. The maximum atomic E-state index is 12.8. The minimum atomic E-state index is -0.132. The molecule has 0 saturated heterocycles. The largest absolute Gasteiger partial charge is 0.325 e. The van der Waals surface area contributed by atoms with Gasteiger partial charge in [0.2, 0.25) is 17.6 Å². The Labute approximate surface area is 259 Å². The number of nitrogens with one attached hydrogen (secondary N) is 2. The molecule has 0 spiro atoms. The zero-order valence-corrected chi connectivity index (χ0v) is 26.0. The Kier molecular flexibility index (Phi) is 7.53. The number of hydrogen-bond donors (Lipinski definition) is 2. The van der Waals surface area contributed by atoms with Crippen LogP contribution in [0.15, 0.2) is 58.8 Å². The number of nitrogens with zero attached hydrogens (tertiary/aromatic N) is 6. The van der Waals surface area contributed by atoms with E-state index < -0.39 is 0 Å². The Morgan fingerprint density at radius 1 is 0.767 bits per heavy atom. The number of aryl methyl sites for hydroxylation is 4. The van der Waals surface area contributed by atoms with Crippen molar-refractivity contribution in [3.05, 3.63) is 70.1 Å². The Morgan fingerprint density at radius 3 is 1.95 bits per heavy atom. The van der Waals surface area contributed by atoms with Gasteiger partial charge >= 0.3 is 0 Å². The summed E-state index contributed by atoms with van der Waals surface area (Å²) in [6, 6.07) is 15.4. The van der Waals surface area contributed by atoms with Gasteiger partial charge in [-0.05, 0) is 69.4 Å². The number of benzene rings is 2. The monoisotopic (exact) mass is 628 g/mol. The van der Waals surface area contributed by atoms with Crippen LogP contribution in [0.4, 0.5) is 11.4 Å². The molecule has 218 valence electrons. The Hall–Kier alpha value is -3.94. The number of thioether (sulfide) groups is 2. The second-order valence-electron chi connectivity index (χ2n) is 10.6. The Balaban J connectivity index is 1.21. The number of rotatable bonds is 8. The average Bonchev–Trinajstić information content (AvgIpc) is 3.72. The second-order valence-corrected chi connectivity index (χ2v) is 13.5. The van der Waals surface area contributed by atoms with Crippen LogP contribution in [0.25, 0.3) is 21.6 Å². The highest BCUT2D eigenvalue weighted by Gasteiger charge is 2.26. The average molecular weight is 629 g/mol. The number of aromatic nitrogens is 6. The van der Waals surface area contributed by atoms with E-state index in [1.54, 1.807) is 11.3 Å². The maximum Gasteiger partial charge on any atom is 0.245 e. The van der Waals surface area contributed by atoms with Crippen LogP contribution < -0.4 is 10.6 Å². The van der Waals surface area contributed by atoms with Gasteiger partial charge in [0.25, 0.3) is 0 Å². The topological polar surface area (TPSA) is 119 Å². The van der Waals surface area contributed by atoms with Crippen LogP contribution in [0.5, 0.6) is 0 Å². The van der Waals surface area contributed by atoms with E-state index in [2.05, 4.69) is 31.0 Å². The van der Waals surface area contributed by atoms with Gasteiger partial charge in [-0.2, -0.15) is 0 Å². The molecule has 0 fully saturated rings. The van der Waals surface area contributed by atoms with Crippen molar-refractivity contribution in [3.63, 3.8) is 0 Å². The lowest BCUT2D eigenvalue weighted by atomic mass is 9.97. The zero-order chi connectivity index (χ0) is 29.5. The van der Waals surface area contributed by atoms with E-state index in [0.29, 0.717) is 16.1 Å². The summed E-state index contributed by atoms with van der Waals surface area (Å²) in [4.78, 5) is 28.0. The van der Waals surface area contributed by atoms with Crippen LogP contribution in [-0.4, -0.2) is 52.5 Å². The standard InChI is InChI=1S/C30H28N8O2S3/c1-17-7-11-19(12-8-17)31-23(39)15-41-29-35-33-26-25-21-5-3-4-6-22(21)43-27(25)38-28(37(26)29)34-36-30(38)42-16-24(40)32-20-13-9-18(2)10-14-20/h7-14H,3-6,15-16H2,1-2H3,(H,31,39)(H,32,40). The van der Waals surface area contributed by atoms with Crippen molar-refractivity contribution in [2.24, 2.45) is 0 Å². The molecule has 4 heterocycles. The first-order valence-corrected chi connectivity index (χ1v) is 16.8. The molecule has 0 saturated carbocycles. The molecule has 7 rings (SSSR count). The minimum Gasteiger partial charge on any atom is -0.325 e. The first-order chi connectivity index (χ1) is 20.9. The van der Waals surface area contributed by atoms with E-state index in [9.17, 15) is 9.59 Å². The molecule has 0 bridgehead atoms. The number of hydrogen-bond acceptors (Lipinski definition) is 9. The lowest BCUT2D eigenvalue weighted by Crippen LogP contribution is -2.14. The minimum absolute atomic E-state index is 0.117. The number of carbonyl (C=O) groups excluding carboxylic acids is 2. The van der Waals surface area contributed by atoms with Crippen molar-refractivity contribution in [1.29, 1.82) is 0 Å². The number of thiophene rings is 1. The van der Waals surface area contributed by atoms with Crippen LogP contribution in [0.2, 0.25) is 0 Å². The SMILES string of the molecule is Cc1ccc(NC(=O)CSc2nnc3c4c5c(sc4n4c(SCC(=O)Nc6ccc(C)cc6)nnc4n23)CCCC5)cc1. The summed E-state index contributed by atoms with van der Waals surface area (Å²) in [6.45, 7) is 4.02. The van der Waals surface area contributed by atoms with E-state index >= 15 is 0 Å². The van der Waals surface area contributed by atoms with Gasteiger partial charge in [-0.15, -0.1) is 31.7 Å². The maximum absolute atomic E-state index is 12.8. The molecule has 1 aliphatic carbocycles. The summed E-state index contributed by atoms with van der Waals surface area (Å²) in [5.74, 6) is 0.660. The van der Waals surface area contributed by atoms with Crippen molar-refractivity contribution >= 4 is 79.7 Å². The molecule has 6 aromatic rings. The summed E-state index contributed by atoms with van der Waals surface area (Å²) in [5, 5.41) is 26.3. The van der Waals surface area contributed by atoms with Gasteiger partial charge in [-0.1, -0.05) is 58.9 Å². The van der Waals surface area contributed by atoms with E-state index in [-0.39, 0.29) is 23.3 Å². The van der Waals surface area contributed by atoms with Gasteiger partial charge in [0, 0.05) is 16.3 Å². The summed E-state index contributed by atoms with van der Waals surface area (Å²) in [6.07, 6.45) is 4.29. The molecule has 2 aromatic carbocycles. The van der Waals surface area contributed by atoms with Crippen LogP contribution >= 0.6 is 34.9 Å². The summed E-state index contributed by atoms with van der Waals surface area (Å²) >= 11 is 4.40. The van der Waals surface area contributed by atoms with Gasteiger partial charge in [-0.3, -0.25) is 9.59 Å². The third-order valence-corrected chi connectivity index (χ3v) is 10.5. The third-order valence-electron chi connectivity index (χ3n) is 7.36. The molecule has 10 nitrogen and oxygen atoms in total. The van der Waals surface area contributed by atoms with Crippen molar-refractivity contribution < 1.29 is 9.59 Å². The van der Waals surface area contributed by atoms with Crippen LogP contribution in [0.1, 0.15) is 34.4 Å². The van der Waals surface area contributed by atoms with Crippen molar-refractivity contribution in [1.82, 2.24) is 29.2 Å². The van der Waals surface area contributed by atoms with Crippen LogP contribution in [0.3, 0.4) is 0 Å². The summed E-state index contributed by atoms with van der Waals surface area (Å²) < 4.78 is 3.92. The molecule has 0 radical (unpaired) electrons. The molecular weight excluding hydrogens is 601 g/mol. The molecule has 2 amide bonds. The summed E-state index contributed by atoms with van der Waals surface area (Å²) in [5.41, 5.74) is 5.81. The number of anilines is 2. The van der Waals surface area contributed by atoms with Gasteiger partial charge in [0.05, 0.1) is 16.9 Å². The fourth-order valence-corrected chi connectivity index (χ4v) is 8.15. The molecule has 43 heavy (non-hydrogen) atoms. The van der Waals surface area contributed by atoms with E-state index in [4.69, 9.17) is 0 Å². The molecule has 13 heteroatoms. The lowest BCUT2D eigenvalue weighted by molar-refractivity contribution is -0.114. The predicted octanol–water partition coefficient (Wildman–Crippen LogP) is 5.94. The molecule has 0 atom stereocenters. The van der Waals surface area contributed by atoms with Gasteiger partial charge in [0.15, 0.2) is 16.0 Å². The third kappa shape index (κ3) is 5.48. The van der Waals surface area contributed by atoms with Gasteiger partial charge in [0.1, 0.15) is 4.83 Å². The highest BCUT2D eigenvalue weighted by Crippen LogP contribution is 2.40. The Bertz CT molecular complexity index is 1990. The second kappa shape index (κ2) is 11.6. The van der Waals surface area contributed by atoms with Crippen LogP contribution in [-0.2, 0) is 22.4 Å². The highest BCUT2D eigenvalue weighted by atomic mass is 32.2. The molecule has 0 unspecified atom stereocenters. The quantitative estimate of drug-likeness (QED) is 0.199. The van der Waals surface area contributed by atoms with Crippen molar-refractivity contribution in [2.75, 3.05) is 22.1 Å². The van der Waals surface area contributed by atoms with Crippen molar-refractivity contribution in [2.45, 2.75) is 49.8 Å². The smallest absolute Gasteiger partial charge is 0.245 e. The zero-order valence-electron chi connectivity index (χ0n) is 23.6. The van der Waals surface area contributed by atoms with E-state index in [1.807, 2.05) is 71.2 Å². The highest BCUT2D eigenvalue weighted by molar-refractivity contribution is 8.00. The molecule has 2 N–H and O–H groups in total. The number of carbonyl (C=O) groups is 2.